The number of carboxylic acid groups (broad SMARTS) is 2. The molecular weight excluding hydrogens is 526 g/mol. The van der Waals surface area contributed by atoms with Crippen molar-refractivity contribution < 1.29 is 24.5 Å². The van der Waals surface area contributed by atoms with Gasteiger partial charge in [-0.25, -0.2) is 4.79 Å². The summed E-state index contributed by atoms with van der Waals surface area (Å²) in [6.45, 7) is 2.40. The zero-order valence-corrected chi connectivity index (χ0v) is 23.9. The highest BCUT2D eigenvalue weighted by Gasteiger charge is 2.18. The zero-order valence-electron chi connectivity index (χ0n) is 23.9. The van der Waals surface area contributed by atoms with Crippen LogP contribution >= 0.6 is 0 Å². The molecule has 4 rings (SSSR count). The van der Waals surface area contributed by atoms with Crippen LogP contribution in [0.15, 0.2) is 109 Å². The van der Waals surface area contributed by atoms with Gasteiger partial charge in [0.25, 0.3) is 0 Å². The molecule has 0 aromatic heterocycles. The Morgan fingerprint density at radius 1 is 0.690 bits per heavy atom. The number of aromatic carboxylic acids is 1. The van der Waals surface area contributed by atoms with Crippen molar-refractivity contribution >= 4 is 11.9 Å². The van der Waals surface area contributed by atoms with Gasteiger partial charge in [-0.15, -0.1) is 0 Å². The van der Waals surface area contributed by atoms with Gasteiger partial charge in [-0.3, -0.25) is 9.69 Å². The van der Waals surface area contributed by atoms with Gasteiger partial charge in [0.1, 0.15) is 0 Å². The number of carbonyl (C=O) groups is 2. The molecule has 0 saturated heterocycles. The maximum absolute atomic E-state index is 11.3. The minimum absolute atomic E-state index is 0.139. The number of aliphatic carboxylic acids is 1. The molecule has 42 heavy (non-hydrogen) atoms. The molecule has 0 aliphatic rings. The standard InChI is InChI=1S/C36H39NO5/c38-35(39)16-7-8-23-37(25-30-19-21-33(22-20-30)36(40)41)26-34(32-14-5-2-6-15-32)42-27-31-13-9-12-29(24-31)18-17-28-10-3-1-4-11-28/h1-6,9-15,19-22,24,34H,7-8,16-18,23,25-27H2,(H,38,39)(H,40,41)/t34-/m1/s1. The number of unbranched alkanes of at least 4 members (excludes halogenated alkanes) is 1. The molecule has 0 aliphatic heterocycles. The summed E-state index contributed by atoms with van der Waals surface area (Å²) in [6.07, 6.45) is 3.23. The van der Waals surface area contributed by atoms with Crippen LogP contribution in [0.25, 0.3) is 0 Å². The van der Waals surface area contributed by atoms with Gasteiger partial charge in [0.15, 0.2) is 0 Å². The first-order valence-electron chi connectivity index (χ1n) is 14.5. The first kappa shape index (κ1) is 30.7. The Morgan fingerprint density at radius 3 is 2.02 bits per heavy atom. The SMILES string of the molecule is O=C(O)CCCCN(Cc1ccc(C(=O)O)cc1)C[C@@H](OCc1cccc(CCc2ccccc2)c1)c1ccccc1. The molecule has 0 bridgehead atoms. The summed E-state index contributed by atoms with van der Waals surface area (Å²) in [4.78, 5) is 24.6. The first-order chi connectivity index (χ1) is 20.5. The van der Waals surface area contributed by atoms with Crippen LogP contribution in [0.4, 0.5) is 0 Å². The predicted molar refractivity (Wildman–Crippen MR) is 164 cm³/mol. The molecule has 0 amide bonds. The maximum Gasteiger partial charge on any atom is 0.335 e. The number of aryl methyl sites for hydroxylation is 2. The number of rotatable bonds is 17. The lowest BCUT2D eigenvalue weighted by Gasteiger charge is -2.28. The quantitative estimate of drug-likeness (QED) is 0.132. The first-order valence-corrected chi connectivity index (χ1v) is 14.5. The largest absolute Gasteiger partial charge is 0.481 e. The summed E-state index contributed by atoms with van der Waals surface area (Å²) in [5.41, 5.74) is 6.05. The van der Waals surface area contributed by atoms with Gasteiger partial charge in [0.05, 0.1) is 18.3 Å². The molecule has 4 aromatic carbocycles. The Labute approximate surface area is 248 Å². The van der Waals surface area contributed by atoms with E-state index in [4.69, 9.17) is 9.84 Å². The number of hydrogen-bond donors (Lipinski definition) is 2. The fourth-order valence-corrected chi connectivity index (χ4v) is 5.02. The zero-order chi connectivity index (χ0) is 29.6. The summed E-state index contributed by atoms with van der Waals surface area (Å²) >= 11 is 0. The van der Waals surface area contributed by atoms with E-state index in [1.165, 1.54) is 11.1 Å². The predicted octanol–water partition coefficient (Wildman–Crippen LogP) is 7.19. The topological polar surface area (TPSA) is 87.1 Å². The molecule has 0 aliphatic carbocycles. The highest BCUT2D eigenvalue weighted by molar-refractivity contribution is 5.87. The molecule has 4 aromatic rings. The Bertz CT molecular complexity index is 1390. The molecule has 2 N–H and O–H groups in total. The normalized spacial score (nSPS) is 11.8. The molecule has 0 radical (unpaired) electrons. The third-order valence-electron chi connectivity index (χ3n) is 7.31. The van der Waals surface area contributed by atoms with Crippen LogP contribution in [0.3, 0.4) is 0 Å². The van der Waals surface area contributed by atoms with Gasteiger partial charge in [0.2, 0.25) is 0 Å². The fourth-order valence-electron chi connectivity index (χ4n) is 5.02. The van der Waals surface area contributed by atoms with E-state index in [1.54, 1.807) is 12.1 Å². The number of carboxylic acids is 2. The van der Waals surface area contributed by atoms with E-state index < -0.39 is 11.9 Å². The van der Waals surface area contributed by atoms with Crippen LogP contribution in [0, 0.1) is 0 Å². The van der Waals surface area contributed by atoms with Crippen LogP contribution < -0.4 is 0 Å². The average Bonchev–Trinajstić information content (AvgIpc) is 3.01. The Hall–Kier alpha value is -4.26. The number of hydrogen-bond acceptors (Lipinski definition) is 4. The van der Waals surface area contributed by atoms with Gasteiger partial charge in [0, 0.05) is 19.5 Å². The second kappa shape index (κ2) is 16.2. The highest BCUT2D eigenvalue weighted by Crippen LogP contribution is 2.23. The van der Waals surface area contributed by atoms with E-state index in [0.29, 0.717) is 32.7 Å². The molecule has 0 spiro atoms. The van der Waals surface area contributed by atoms with Crippen LogP contribution in [0.5, 0.6) is 0 Å². The van der Waals surface area contributed by atoms with Crippen molar-refractivity contribution in [3.05, 3.63) is 143 Å². The summed E-state index contributed by atoms with van der Waals surface area (Å²) in [7, 11) is 0. The minimum atomic E-state index is -0.950. The minimum Gasteiger partial charge on any atom is -0.481 e. The van der Waals surface area contributed by atoms with Crippen molar-refractivity contribution in [1.29, 1.82) is 0 Å². The molecule has 6 nitrogen and oxygen atoms in total. The second-order valence-electron chi connectivity index (χ2n) is 10.6. The lowest BCUT2D eigenvalue weighted by atomic mass is 10.0. The lowest BCUT2D eigenvalue weighted by molar-refractivity contribution is -0.137. The number of nitrogens with zero attached hydrogens (tertiary/aromatic N) is 1. The highest BCUT2D eigenvalue weighted by atomic mass is 16.5. The van der Waals surface area contributed by atoms with E-state index in [2.05, 4.69) is 65.6 Å². The average molecular weight is 566 g/mol. The van der Waals surface area contributed by atoms with Crippen LogP contribution in [0.1, 0.15) is 63.5 Å². The summed E-state index contributed by atoms with van der Waals surface area (Å²) in [5.74, 6) is -1.74. The third kappa shape index (κ3) is 10.3. The van der Waals surface area contributed by atoms with Crippen molar-refractivity contribution in [3.63, 3.8) is 0 Å². The second-order valence-corrected chi connectivity index (χ2v) is 10.6. The van der Waals surface area contributed by atoms with Crippen molar-refractivity contribution in [1.82, 2.24) is 4.90 Å². The summed E-state index contributed by atoms with van der Waals surface area (Å²) in [6, 6.07) is 36.2. The number of ether oxygens (including phenoxy) is 1. The third-order valence-corrected chi connectivity index (χ3v) is 7.31. The number of benzene rings is 4. The van der Waals surface area contributed by atoms with Crippen molar-refractivity contribution in [2.75, 3.05) is 13.1 Å². The Balaban J connectivity index is 1.45. The monoisotopic (exact) mass is 565 g/mol. The van der Waals surface area contributed by atoms with Crippen LogP contribution in [-0.4, -0.2) is 40.1 Å². The van der Waals surface area contributed by atoms with Gasteiger partial charge < -0.3 is 14.9 Å². The molecule has 6 heteroatoms. The molecule has 0 unspecified atom stereocenters. The molecule has 1 atom stereocenters. The smallest absolute Gasteiger partial charge is 0.335 e. The van der Waals surface area contributed by atoms with E-state index >= 15 is 0 Å². The molecule has 218 valence electrons. The fraction of sp³-hybridized carbons (Fsp3) is 0.278. The van der Waals surface area contributed by atoms with Crippen molar-refractivity contribution in [3.8, 4) is 0 Å². The summed E-state index contributed by atoms with van der Waals surface area (Å²) < 4.78 is 6.58. The molecule has 0 saturated carbocycles. The van der Waals surface area contributed by atoms with Crippen LogP contribution in [-0.2, 0) is 35.5 Å². The van der Waals surface area contributed by atoms with E-state index in [0.717, 1.165) is 36.0 Å². The lowest BCUT2D eigenvalue weighted by Crippen LogP contribution is -2.30. The van der Waals surface area contributed by atoms with Crippen molar-refractivity contribution in [2.45, 2.75) is 51.4 Å². The molecular formula is C36H39NO5. The van der Waals surface area contributed by atoms with Gasteiger partial charge in [-0.2, -0.15) is 0 Å². The van der Waals surface area contributed by atoms with E-state index in [9.17, 15) is 14.7 Å². The van der Waals surface area contributed by atoms with Gasteiger partial charge in [-0.05, 0) is 72.2 Å². The van der Waals surface area contributed by atoms with Crippen LogP contribution in [0.2, 0.25) is 0 Å². The molecule has 0 fully saturated rings. The maximum atomic E-state index is 11.3. The Morgan fingerprint density at radius 2 is 1.33 bits per heavy atom. The van der Waals surface area contributed by atoms with E-state index in [-0.39, 0.29) is 18.1 Å². The van der Waals surface area contributed by atoms with Crippen molar-refractivity contribution in [2.24, 2.45) is 0 Å². The van der Waals surface area contributed by atoms with E-state index in [1.807, 2.05) is 36.4 Å². The van der Waals surface area contributed by atoms with Gasteiger partial charge in [-0.1, -0.05) is 97.1 Å². The Kier molecular flexibility index (Phi) is 11.9. The summed E-state index contributed by atoms with van der Waals surface area (Å²) in [5, 5.41) is 18.4. The van der Waals surface area contributed by atoms with Gasteiger partial charge >= 0.3 is 11.9 Å². The molecule has 0 heterocycles.